The molecule has 1 atom stereocenters. The van der Waals surface area contributed by atoms with Crippen molar-refractivity contribution in [2.75, 3.05) is 62.7 Å². The quantitative estimate of drug-likeness (QED) is 0.562. The van der Waals surface area contributed by atoms with Crippen LogP contribution < -0.4 is 20.4 Å². The Morgan fingerprint density at radius 2 is 2.07 bits per heavy atom. The topological polar surface area (TPSA) is 97.4 Å². The third-order valence-corrected chi connectivity index (χ3v) is 5.29. The molecule has 3 rings (SSSR count). The lowest BCUT2D eigenvalue weighted by atomic mass is 10.2. The van der Waals surface area contributed by atoms with E-state index in [-0.39, 0.29) is 5.91 Å². The van der Waals surface area contributed by atoms with Crippen LogP contribution in [0.2, 0.25) is 0 Å². The number of ether oxygens (including phenoxy) is 1. The number of nitrogens with one attached hydrogen (secondary N) is 2. The van der Waals surface area contributed by atoms with E-state index in [1.165, 1.54) is 11.0 Å². The monoisotopic (exact) mass is 425 g/mol. The second-order valence-corrected chi connectivity index (χ2v) is 7.15. The molecule has 2 amide bonds. The lowest BCUT2D eigenvalue weighted by Crippen LogP contribution is -2.49. The second-order valence-electron chi connectivity index (χ2n) is 6.74. The van der Waals surface area contributed by atoms with Gasteiger partial charge in [-0.15, -0.1) is 0 Å². The summed E-state index contributed by atoms with van der Waals surface area (Å²) >= 11 is 5.00. The van der Waals surface area contributed by atoms with E-state index in [1.54, 1.807) is 24.1 Å². The highest BCUT2D eigenvalue weighted by molar-refractivity contribution is 7.80. The lowest BCUT2D eigenvalue weighted by Gasteiger charge is -2.36. The molecule has 11 heteroatoms. The predicted octanol–water partition coefficient (Wildman–Crippen LogP) is -0.114. The van der Waals surface area contributed by atoms with Crippen LogP contribution in [0.4, 0.5) is 20.6 Å². The van der Waals surface area contributed by atoms with Gasteiger partial charge in [0.1, 0.15) is 18.5 Å². The smallest absolute Gasteiger partial charge is 0.414 e. The maximum absolute atomic E-state index is 14.8. The van der Waals surface area contributed by atoms with Crippen molar-refractivity contribution < 1.29 is 23.8 Å². The van der Waals surface area contributed by atoms with E-state index in [0.717, 1.165) is 0 Å². The second kappa shape index (κ2) is 9.23. The molecule has 0 unspecified atom stereocenters. The van der Waals surface area contributed by atoms with E-state index in [0.29, 0.717) is 55.8 Å². The number of hydrogen-bond acceptors (Lipinski definition) is 6. The minimum Gasteiger partial charge on any atom is -0.442 e. The summed E-state index contributed by atoms with van der Waals surface area (Å²) in [4.78, 5) is 28.5. The molecule has 0 aromatic heterocycles. The van der Waals surface area contributed by atoms with Gasteiger partial charge in [0, 0.05) is 33.2 Å². The first-order valence-electron chi connectivity index (χ1n) is 9.29. The van der Waals surface area contributed by atoms with Crippen molar-refractivity contribution in [3.63, 3.8) is 0 Å². The molecule has 3 N–H and O–H groups in total. The highest BCUT2D eigenvalue weighted by atomic mass is 32.1. The number of carbonyl (C=O) groups excluding carboxylic acids is 2. The molecule has 2 heterocycles. The van der Waals surface area contributed by atoms with Crippen LogP contribution in [0, 0.1) is 5.82 Å². The van der Waals surface area contributed by atoms with E-state index in [4.69, 9.17) is 22.1 Å². The number of halogens is 1. The Kier molecular flexibility index (Phi) is 6.70. The largest absolute Gasteiger partial charge is 0.442 e. The normalized spacial score (nSPS) is 19.2. The number of piperazine rings is 1. The van der Waals surface area contributed by atoms with E-state index in [9.17, 15) is 14.0 Å². The van der Waals surface area contributed by atoms with Gasteiger partial charge in [-0.3, -0.25) is 9.69 Å². The molecule has 0 radical (unpaired) electrons. The molecule has 0 bridgehead atoms. The number of cyclic esters (lactones) is 1. The summed E-state index contributed by atoms with van der Waals surface area (Å²) in [6.07, 6.45) is -0.927. The lowest BCUT2D eigenvalue weighted by molar-refractivity contribution is -0.134. The number of benzene rings is 1. The van der Waals surface area contributed by atoms with Crippen molar-refractivity contribution in [2.45, 2.75) is 6.10 Å². The van der Waals surface area contributed by atoms with Crippen molar-refractivity contribution in [1.29, 1.82) is 0 Å². The van der Waals surface area contributed by atoms with Gasteiger partial charge >= 0.3 is 6.09 Å². The summed E-state index contributed by atoms with van der Waals surface area (Å²) in [5.74, 6) is -0.775. The van der Waals surface area contributed by atoms with Crippen molar-refractivity contribution in [2.24, 2.45) is 0 Å². The molecular formula is C18H24FN5O4S. The van der Waals surface area contributed by atoms with Gasteiger partial charge in [-0.25, -0.2) is 9.18 Å². The first kappa shape index (κ1) is 21.1. The van der Waals surface area contributed by atoms with Crippen LogP contribution in [0.5, 0.6) is 0 Å². The minimum absolute atomic E-state index is 0.291. The molecule has 9 nitrogen and oxygen atoms in total. The third-order valence-electron chi connectivity index (χ3n) is 4.94. The van der Waals surface area contributed by atoms with Gasteiger partial charge < -0.3 is 30.3 Å². The van der Waals surface area contributed by atoms with E-state index >= 15 is 0 Å². The van der Waals surface area contributed by atoms with Crippen molar-refractivity contribution in [3.8, 4) is 0 Å². The Hall–Kier alpha value is -2.66. The molecule has 29 heavy (non-hydrogen) atoms. The number of amides is 2. The molecule has 1 aromatic rings. The van der Waals surface area contributed by atoms with E-state index in [1.807, 2.05) is 4.90 Å². The predicted molar refractivity (Wildman–Crippen MR) is 110 cm³/mol. The van der Waals surface area contributed by atoms with Crippen LogP contribution in [0.1, 0.15) is 0 Å². The Labute approximate surface area is 173 Å². The minimum atomic E-state index is -0.532. The molecule has 2 fully saturated rings. The van der Waals surface area contributed by atoms with Gasteiger partial charge in [0.05, 0.1) is 24.5 Å². The van der Waals surface area contributed by atoms with Gasteiger partial charge in [-0.1, -0.05) is 0 Å². The summed E-state index contributed by atoms with van der Waals surface area (Å²) < 4.78 is 20.1. The van der Waals surface area contributed by atoms with Gasteiger partial charge in [-0.2, -0.15) is 0 Å². The highest BCUT2D eigenvalue weighted by Gasteiger charge is 2.33. The molecule has 0 saturated carbocycles. The number of hydrogen-bond donors (Lipinski definition) is 3. The number of rotatable bonds is 5. The average molecular weight is 425 g/mol. The zero-order valence-electron chi connectivity index (χ0n) is 16.1. The van der Waals surface area contributed by atoms with Gasteiger partial charge in [-0.05, 0) is 30.4 Å². The van der Waals surface area contributed by atoms with Crippen molar-refractivity contribution in [1.82, 2.24) is 15.5 Å². The van der Waals surface area contributed by atoms with Crippen LogP contribution in [0.15, 0.2) is 18.2 Å². The maximum atomic E-state index is 14.8. The summed E-state index contributed by atoms with van der Waals surface area (Å²) in [5, 5.41) is 15.1. The average Bonchev–Trinajstić information content (AvgIpc) is 3.12. The van der Waals surface area contributed by atoms with Crippen LogP contribution in [0.25, 0.3) is 0 Å². The standard InChI is InChI=1S/C18H24FN5O4S/c1-20-17(29)21-9-13-10-24(18(27)28-13)12-2-3-15(14(19)8-12)22-4-6-23(7-5-22)16(26)11-25/h2-3,8,13,25H,4-7,9-11H2,1H3,(H2,20,21,29)/t13-/m0/s1. The Balaban J connectivity index is 1.62. The Bertz CT molecular complexity index is 788. The summed E-state index contributed by atoms with van der Waals surface area (Å²) in [6, 6.07) is 4.62. The number of aliphatic hydroxyl groups excluding tert-OH is 1. The van der Waals surface area contributed by atoms with E-state index in [2.05, 4.69) is 10.6 Å². The molecule has 2 aliphatic rings. The number of anilines is 2. The SMILES string of the molecule is CNC(=S)NC[C@H]1CN(c2ccc(N3CCN(C(=O)CO)CC3)c(F)c2)C(=O)O1. The van der Waals surface area contributed by atoms with Gasteiger partial charge in [0.15, 0.2) is 5.11 Å². The van der Waals surface area contributed by atoms with Crippen molar-refractivity contribution in [3.05, 3.63) is 24.0 Å². The van der Waals surface area contributed by atoms with Gasteiger partial charge in [0.2, 0.25) is 5.91 Å². The number of aliphatic hydroxyl groups is 1. The summed E-state index contributed by atoms with van der Waals surface area (Å²) in [7, 11) is 1.69. The fraction of sp³-hybridized carbons (Fsp3) is 0.500. The first-order chi connectivity index (χ1) is 13.9. The van der Waals surface area contributed by atoms with Crippen LogP contribution in [-0.2, 0) is 9.53 Å². The molecule has 0 spiro atoms. The van der Waals surface area contributed by atoms with Crippen LogP contribution in [-0.4, -0.2) is 86.1 Å². The molecular weight excluding hydrogens is 401 g/mol. The zero-order chi connectivity index (χ0) is 21.0. The summed E-state index contributed by atoms with van der Waals surface area (Å²) in [5.41, 5.74) is 0.832. The first-order valence-corrected chi connectivity index (χ1v) is 9.70. The third kappa shape index (κ3) is 4.85. The number of thiocarbonyl (C=S) groups is 1. The van der Waals surface area contributed by atoms with Gasteiger partial charge in [0.25, 0.3) is 0 Å². The number of nitrogens with zero attached hydrogens (tertiary/aromatic N) is 3. The fourth-order valence-electron chi connectivity index (χ4n) is 3.35. The molecule has 0 aliphatic carbocycles. The number of carbonyl (C=O) groups is 2. The molecule has 2 saturated heterocycles. The van der Waals surface area contributed by atoms with Crippen LogP contribution >= 0.6 is 12.2 Å². The molecule has 2 aliphatic heterocycles. The highest BCUT2D eigenvalue weighted by Crippen LogP contribution is 2.28. The Morgan fingerprint density at radius 1 is 1.34 bits per heavy atom. The molecule has 158 valence electrons. The maximum Gasteiger partial charge on any atom is 0.414 e. The molecule has 1 aromatic carbocycles. The fourth-order valence-corrected chi connectivity index (χ4v) is 3.43. The Morgan fingerprint density at radius 3 is 2.69 bits per heavy atom. The van der Waals surface area contributed by atoms with E-state index < -0.39 is 24.6 Å². The van der Waals surface area contributed by atoms with Crippen molar-refractivity contribution >= 4 is 40.7 Å². The zero-order valence-corrected chi connectivity index (χ0v) is 16.9. The van der Waals surface area contributed by atoms with Crippen LogP contribution in [0.3, 0.4) is 0 Å². The summed E-state index contributed by atoms with van der Waals surface area (Å²) in [6.45, 7) is 1.90.